The molecule has 0 aliphatic carbocycles. The molecule has 1 aromatic carbocycles. The van der Waals surface area contributed by atoms with E-state index in [0.717, 1.165) is 6.42 Å². The normalized spacial score (nSPS) is 12.2. The topological polar surface area (TPSA) is 68.5 Å². The van der Waals surface area contributed by atoms with E-state index in [0.29, 0.717) is 16.7 Å². The molecule has 0 aliphatic rings. The van der Waals surface area contributed by atoms with Crippen LogP contribution in [0.3, 0.4) is 0 Å². The molecule has 0 fully saturated rings. The first-order valence-electron chi connectivity index (χ1n) is 6.48. The zero-order valence-corrected chi connectivity index (χ0v) is 11.7. The number of hydrogen-bond acceptors (Lipinski definition) is 4. The highest BCUT2D eigenvalue weighted by Crippen LogP contribution is 2.24. The second kappa shape index (κ2) is 5.77. The van der Waals surface area contributed by atoms with Gasteiger partial charge in [0.1, 0.15) is 5.56 Å². The molecule has 0 radical (unpaired) electrons. The summed E-state index contributed by atoms with van der Waals surface area (Å²) in [6.45, 7) is 3.84. The Hall–Kier alpha value is -2.30. The standard InChI is InChI=1S/C15H17NO4/c1-4-9(2)16-14(17)11-8-10-6-5-7-12(19-3)13(10)20-15(11)18/h5-9H,4H2,1-3H3,(H,16,17). The van der Waals surface area contributed by atoms with Crippen LogP contribution in [0.15, 0.2) is 33.5 Å². The van der Waals surface area contributed by atoms with Gasteiger partial charge in [-0.25, -0.2) is 4.79 Å². The molecule has 2 aromatic rings. The molecular weight excluding hydrogens is 258 g/mol. The zero-order chi connectivity index (χ0) is 14.7. The summed E-state index contributed by atoms with van der Waals surface area (Å²) in [4.78, 5) is 24.0. The first kappa shape index (κ1) is 14.1. The molecule has 5 heteroatoms. The van der Waals surface area contributed by atoms with Crippen molar-refractivity contribution in [3.63, 3.8) is 0 Å². The Kier molecular flexibility index (Phi) is 4.08. The number of carbonyl (C=O) groups is 1. The first-order chi connectivity index (χ1) is 9.56. The monoisotopic (exact) mass is 275 g/mol. The fourth-order valence-electron chi connectivity index (χ4n) is 1.84. The molecule has 1 N–H and O–H groups in total. The van der Waals surface area contributed by atoms with E-state index in [2.05, 4.69) is 5.32 Å². The number of para-hydroxylation sites is 1. The van der Waals surface area contributed by atoms with Gasteiger partial charge in [0.2, 0.25) is 0 Å². The number of amides is 1. The molecule has 1 atom stereocenters. The molecule has 2 rings (SSSR count). The average Bonchev–Trinajstić information content (AvgIpc) is 2.45. The van der Waals surface area contributed by atoms with Gasteiger partial charge in [-0.3, -0.25) is 4.79 Å². The number of fused-ring (bicyclic) bond motifs is 1. The number of methoxy groups -OCH3 is 1. The van der Waals surface area contributed by atoms with Crippen LogP contribution in [-0.2, 0) is 0 Å². The quantitative estimate of drug-likeness (QED) is 0.869. The van der Waals surface area contributed by atoms with Gasteiger partial charge in [-0.05, 0) is 25.5 Å². The average molecular weight is 275 g/mol. The van der Waals surface area contributed by atoms with Crippen LogP contribution in [-0.4, -0.2) is 19.1 Å². The van der Waals surface area contributed by atoms with Crippen molar-refractivity contribution in [2.75, 3.05) is 7.11 Å². The smallest absolute Gasteiger partial charge is 0.349 e. The van der Waals surface area contributed by atoms with Crippen molar-refractivity contribution in [1.29, 1.82) is 0 Å². The highest BCUT2D eigenvalue weighted by atomic mass is 16.5. The minimum absolute atomic E-state index is 0.00269. The van der Waals surface area contributed by atoms with Crippen molar-refractivity contribution >= 4 is 16.9 Å². The number of nitrogens with one attached hydrogen (secondary N) is 1. The number of benzene rings is 1. The highest BCUT2D eigenvalue weighted by Gasteiger charge is 2.16. The minimum Gasteiger partial charge on any atom is -0.493 e. The maximum atomic E-state index is 12.0. The molecule has 0 saturated heterocycles. The van der Waals surface area contributed by atoms with E-state index >= 15 is 0 Å². The van der Waals surface area contributed by atoms with Crippen LogP contribution in [0.25, 0.3) is 11.0 Å². The highest BCUT2D eigenvalue weighted by molar-refractivity contribution is 5.97. The van der Waals surface area contributed by atoms with Crippen molar-refractivity contribution in [2.24, 2.45) is 0 Å². The van der Waals surface area contributed by atoms with Gasteiger partial charge in [0.05, 0.1) is 7.11 Å². The lowest BCUT2D eigenvalue weighted by Crippen LogP contribution is -2.34. The lowest BCUT2D eigenvalue weighted by atomic mass is 10.1. The summed E-state index contributed by atoms with van der Waals surface area (Å²) in [5.41, 5.74) is -0.311. The third-order valence-corrected chi connectivity index (χ3v) is 3.18. The van der Waals surface area contributed by atoms with Gasteiger partial charge in [0.15, 0.2) is 11.3 Å². The van der Waals surface area contributed by atoms with Crippen LogP contribution in [0.4, 0.5) is 0 Å². The van der Waals surface area contributed by atoms with E-state index in [1.54, 1.807) is 18.2 Å². The maximum Gasteiger partial charge on any atom is 0.349 e. The molecule has 1 aromatic heterocycles. The van der Waals surface area contributed by atoms with Gasteiger partial charge in [-0.2, -0.15) is 0 Å². The molecule has 0 bridgehead atoms. The summed E-state index contributed by atoms with van der Waals surface area (Å²) in [5, 5.41) is 3.40. The Labute approximate surface area is 116 Å². The van der Waals surface area contributed by atoms with E-state index in [1.165, 1.54) is 13.2 Å². The lowest BCUT2D eigenvalue weighted by molar-refractivity contribution is 0.0935. The minimum atomic E-state index is -0.664. The second-order valence-corrected chi connectivity index (χ2v) is 4.61. The van der Waals surface area contributed by atoms with Crippen LogP contribution in [0.2, 0.25) is 0 Å². The summed E-state index contributed by atoms with van der Waals surface area (Å²) < 4.78 is 10.3. The molecule has 0 spiro atoms. The SMILES string of the molecule is CCC(C)NC(=O)c1cc2cccc(OC)c2oc1=O. The van der Waals surface area contributed by atoms with Crippen molar-refractivity contribution in [2.45, 2.75) is 26.3 Å². The molecule has 0 saturated carbocycles. The Morgan fingerprint density at radius 3 is 2.85 bits per heavy atom. The predicted octanol–water partition coefficient (Wildman–Crippen LogP) is 2.33. The third-order valence-electron chi connectivity index (χ3n) is 3.18. The van der Waals surface area contributed by atoms with E-state index in [9.17, 15) is 9.59 Å². The molecule has 5 nitrogen and oxygen atoms in total. The fourth-order valence-corrected chi connectivity index (χ4v) is 1.84. The van der Waals surface area contributed by atoms with Gasteiger partial charge >= 0.3 is 5.63 Å². The zero-order valence-electron chi connectivity index (χ0n) is 11.7. The van der Waals surface area contributed by atoms with Crippen LogP contribution in [0.1, 0.15) is 30.6 Å². The lowest BCUT2D eigenvalue weighted by Gasteiger charge is -2.11. The molecule has 106 valence electrons. The molecule has 0 aliphatic heterocycles. The van der Waals surface area contributed by atoms with Gasteiger partial charge in [0, 0.05) is 11.4 Å². The van der Waals surface area contributed by atoms with E-state index in [-0.39, 0.29) is 11.6 Å². The van der Waals surface area contributed by atoms with Crippen molar-refractivity contribution in [3.8, 4) is 5.75 Å². The van der Waals surface area contributed by atoms with Gasteiger partial charge in [-0.1, -0.05) is 19.1 Å². The number of hydrogen-bond donors (Lipinski definition) is 1. The molecular formula is C15H17NO4. The Morgan fingerprint density at radius 2 is 2.20 bits per heavy atom. The summed E-state index contributed by atoms with van der Waals surface area (Å²) in [6, 6.07) is 6.77. The van der Waals surface area contributed by atoms with Crippen LogP contribution in [0.5, 0.6) is 5.75 Å². The van der Waals surface area contributed by atoms with Crippen LogP contribution < -0.4 is 15.7 Å². The summed E-state index contributed by atoms with van der Waals surface area (Å²) in [5.74, 6) is 0.0475. The van der Waals surface area contributed by atoms with E-state index in [1.807, 2.05) is 13.8 Å². The van der Waals surface area contributed by atoms with Crippen LogP contribution >= 0.6 is 0 Å². The van der Waals surface area contributed by atoms with Crippen molar-refractivity contribution in [3.05, 3.63) is 40.2 Å². The predicted molar refractivity (Wildman–Crippen MR) is 76.3 cm³/mol. The Bertz CT molecular complexity index is 690. The molecule has 1 amide bonds. The Balaban J connectivity index is 2.49. The number of ether oxygens (including phenoxy) is 1. The molecule has 1 heterocycles. The summed E-state index contributed by atoms with van der Waals surface area (Å²) in [6.07, 6.45) is 0.790. The van der Waals surface area contributed by atoms with Crippen LogP contribution in [0, 0.1) is 0 Å². The largest absolute Gasteiger partial charge is 0.493 e. The Morgan fingerprint density at radius 1 is 1.45 bits per heavy atom. The summed E-state index contributed by atoms with van der Waals surface area (Å²) in [7, 11) is 1.50. The van der Waals surface area contributed by atoms with Gasteiger partial charge in [0.25, 0.3) is 5.91 Å². The van der Waals surface area contributed by atoms with Crippen molar-refractivity contribution in [1.82, 2.24) is 5.32 Å². The van der Waals surface area contributed by atoms with Gasteiger partial charge < -0.3 is 14.5 Å². The fraction of sp³-hybridized carbons (Fsp3) is 0.333. The third kappa shape index (κ3) is 2.66. The first-order valence-corrected chi connectivity index (χ1v) is 6.48. The maximum absolute atomic E-state index is 12.0. The van der Waals surface area contributed by atoms with Gasteiger partial charge in [-0.15, -0.1) is 0 Å². The van der Waals surface area contributed by atoms with E-state index in [4.69, 9.17) is 9.15 Å². The van der Waals surface area contributed by atoms with E-state index < -0.39 is 11.5 Å². The molecule has 20 heavy (non-hydrogen) atoms. The number of carbonyl (C=O) groups excluding carboxylic acids is 1. The number of rotatable bonds is 4. The molecule has 1 unspecified atom stereocenters. The van der Waals surface area contributed by atoms with Crippen molar-refractivity contribution < 1.29 is 13.9 Å². The summed E-state index contributed by atoms with van der Waals surface area (Å²) >= 11 is 0. The second-order valence-electron chi connectivity index (χ2n) is 4.61.